The maximum absolute atomic E-state index is 5.59. The molecule has 7 heteroatoms. The number of benzene rings is 2. The van der Waals surface area contributed by atoms with E-state index in [-0.39, 0.29) is 24.0 Å². The van der Waals surface area contributed by atoms with Gasteiger partial charge in [-0.3, -0.25) is 9.89 Å². The summed E-state index contributed by atoms with van der Waals surface area (Å²) in [6.07, 6.45) is 1.19. The molecule has 2 unspecified atom stereocenters. The zero-order valence-corrected chi connectivity index (χ0v) is 21.3. The van der Waals surface area contributed by atoms with Gasteiger partial charge >= 0.3 is 0 Å². The third-order valence-corrected chi connectivity index (χ3v) is 5.53. The van der Waals surface area contributed by atoms with Gasteiger partial charge in [-0.15, -0.1) is 24.0 Å². The Bertz CT molecular complexity index is 832. The Kier molecular flexibility index (Phi) is 10.4. The van der Waals surface area contributed by atoms with Crippen LogP contribution in [0, 0.1) is 5.92 Å². The van der Waals surface area contributed by atoms with Crippen LogP contribution in [0.2, 0.25) is 0 Å². The highest BCUT2D eigenvalue weighted by Gasteiger charge is 2.28. The van der Waals surface area contributed by atoms with Crippen molar-refractivity contribution < 1.29 is 9.47 Å². The van der Waals surface area contributed by atoms with Crippen molar-refractivity contribution in [1.82, 2.24) is 10.2 Å². The number of anilines is 1. The van der Waals surface area contributed by atoms with Crippen molar-refractivity contribution in [3.8, 4) is 11.5 Å². The number of hydrogen-bond acceptors (Lipinski definition) is 4. The van der Waals surface area contributed by atoms with E-state index in [1.807, 2.05) is 25.1 Å². The monoisotopic (exact) mass is 538 g/mol. The van der Waals surface area contributed by atoms with Gasteiger partial charge in [0.2, 0.25) is 0 Å². The van der Waals surface area contributed by atoms with Crippen molar-refractivity contribution in [2.75, 3.05) is 39.2 Å². The molecule has 2 aromatic carbocycles. The highest BCUT2D eigenvalue weighted by Crippen LogP contribution is 2.30. The number of rotatable bonds is 8. The molecule has 1 heterocycles. The molecule has 31 heavy (non-hydrogen) atoms. The Morgan fingerprint density at radius 3 is 2.61 bits per heavy atom. The fraction of sp³-hybridized carbons (Fsp3) is 0.458. The molecule has 0 saturated carbocycles. The van der Waals surface area contributed by atoms with Gasteiger partial charge in [0.05, 0.1) is 13.7 Å². The van der Waals surface area contributed by atoms with Crippen molar-refractivity contribution >= 4 is 35.6 Å². The number of aliphatic imine (C=N–C) groups is 1. The van der Waals surface area contributed by atoms with Crippen LogP contribution in [-0.2, 0) is 6.54 Å². The highest BCUT2D eigenvalue weighted by atomic mass is 127. The number of halogens is 1. The van der Waals surface area contributed by atoms with Crippen LogP contribution in [0.25, 0.3) is 0 Å². The molecule has 1 aliphatic rings. The second kappa shape index (κ2) is 12.8. The lowest BCUT2D eigenvalue weighted by Crippen LogP contribution is -2.35. The third-order valence-electron chi connectivity index (χ3n) is 5.53. The first-order valence-electron chi connectivity index (χ1n) is 10.7. The molecule has 6 nitrogen and oxygen atoms in total. The van der Waals surface area contributed by atoms with Gasteiger partial charge in [0, 0.05) is 44.5 Å². The Balaban J connectivity index is 0.00000341. The summed E-state index contributed by atoms with van der Waals surface area (Å²) in [5.74, 6) is 2.80. The van der Waals surface area contributed by atoms with Crippen LogP contribution in [0.4, 0.5) is 5.69 Å². The van der Waals surface area contributed by atoms with Crippen molar-refractivity contribution in [3.63, 3.8) is 0 Å². The first kappa shape index (κ1) is 25.3. The van der Waals surface area contributed by atoms with E-state index >= 15 is 0 Å². The van der Waals surface area contributed by atoms with Gasteiger partial charge in [0.25, 0.3) is 0 Å². The second-order valence-corrected chi connectivity index (χ2v) is 7.74. The average Bonchev–Trinajstić information content (AvgIpc) is 3.12. The summed E-state index contributed by atoms with van der Waals surface area (Å²) < 4.78 is 11.0. The molecule has 0 amide bonds. The zero-order valence-electron chi connectivity index (χ0n) is 18.9. The van der Waals surface area contributed by atoms with Gasteiger partial charge < -0.3 is 20.1 Å². The van der Waals surface area contributed by atoms with E-state index in [1.54, 1.807) is 14.2 Å². The molecule has 2 aromatic rings. The van der Waals surface area contributed by atoms with E-state index in [2.05, 4.69) is 57.8 Å². The summed E-state index contributed by atoms with van der Waals surface area (Å²) in [6, 6.07) is 17.1. The molecule has 2 atom stereocenters. The number of guanidine groups is 1. The average molecular weight is 538 g/mol. The maximum atomic E-state index is 5.59. The van der Waals surface area contributed by atoms with E-state index in [0.717, 1.165) is 37.0 Å². The predicted octanol–water partition coefficient (Wildman–Crippen LogP) is 4.61. The van der Waals surface area contributed by atoms with Crippen LogP contribution in [0.15, 0.2) is 53.5 Å². The molecule has 0 radical (unpaired) electrons. The van der Waals surface area contributed by atoms with Gasteiger partial charge in [-0.05, 0) is 43.9 Å². The van der Waals surface area contributed by atoms with E-state index < -0.39 is 0 Å². The van der Waals surface area contributed by atoms with Crippen LogP contribution < -0.4 is 20.1 Å². The second-order valence-electron chi connectivity index (χ2n) is 7.74. The SMILES string of the molecule is CCOc1ccc(NC(=NC)NCC2CC(C)N(Cc3ccccc3)C2)cc1OC.I. The summed E-state index contributed by atoms with van der Waals surface area (Å²) >= 11 is 0. The normalized spacial score (nSPS) is 18.9. The Hall–Kier alpha value is -2.00. The molecule has 0 spiro atoms. The lowest BCUT2D eigenvalue weighted by molar-refractivity contribution is 0.255. The molecule has 1 aliphatic heterocycles. The van der Waals surface area contributed by atoms with Crippen LogP contribution in [-0.4, -0.2) is 50.8 Å². The lowest BCUT2D eigenvalue weighted by Gasteiger charge is -2.21. The number of ether oxygens (including phenoxy) is 2. The summed E-state index contributed by atoms with van der Waals surface area (Å²) in [5.41, 5.74) is 2.29. The minimum absolute atomic E-state index is 0. The minimum atomic E-state index is 0. The van der Waals surface area contributed by atoms with Crippen LogP contribution >= 0.6 is 24.0 Å². The van der Waals surface area contributed by atoms with Crippen molar-refractivity contribution in [2.24, 2.45) is 10.9 Å². The van der Waals surface area contributed by atoms with Gasteiger partial charge in [-0.25, -0.2) is 0 Å². The van der Waals surface area contributed by atoms with E-state index in [9.17, 15) is 0 Å². The number of nitrogens with zero attached hydrogens (tertiary/aromatic N) is 2. The molecular weight excluding hydrogens is 503 g/mol. The molecule has 0 aliphatic carbocycles. The van der Waals surface area contributed by atoms with Gasteiger partial charge in [-0.1, -0.05) is 30.3 Å². The van der Waals surface area contributed by atoms with Crippen molar-refractivity contribution in [3.05, 3.63) is 54.1 Å². The maximum Gasteiger partial charge on any atom is 0.195 e. The number of likely N-dealkylation sites (tertiary alicyclic amines) is 1. The summed E-state index contributed by atoms with van der Waals surface area (Å²) in [7, 11) is 3.44. The third kappa shape index (κ3) is 7.28. The van der Waals surface area contributed by atoms with Crippen molar-refractivity contribution in [1.29, 1.82) is 0 Å². The van der Waals surface area contributed by atoms with Crippen LogP contribution in [0.3, 0.4) is 0 Å². The molecular formula is C24H35IN4O2. The van der Waals surface area contributed by atoms with E-state index in [4.69, 9.17) is 9.47 Å². The lowest BCUT2D eigenvalue weighted by atomic mass is 10.1. The first-order chi connectivity index (χ1) is 14.6. The predicted molar refractivity (Wildman–Crippen MR) is 139 cm³/mol. The van der Waals surface area contributed by atoms with Crippen LogP contribution in [0.5, 0.6) is 11.5 Å². The summed E-state index contributed by atoms with van der Waals surface area (Å²) in [5, 5.41) is 6.83. The van der Waals surface area contributed by atoms with Crippen LogP contribution in [0.1, 0.15) is 25.8 Å². The minimum Gasteiger partial charge on any atom is -0.493 e. The van der Waals surface area contributed by atoms with Crippen molar-refractivity contribution in [2.45, 2.75) is 32.9 Å². The van der Waals surface area contributed by atoms with Gasteiger partial charge in [0.1, 0.15) is 0 Å². The molecule has 170 valence electrons. The number of methoxy groups -OCH3 is 1. The molecule has 1 fully saturated rings. The van der Waals surface area contributed by atoms with Gasteiger partial charge in [0.15, 0.2) is 17.5 Å². The van der Waals surface area contributed by atoms with Gasteiger partial charge in [-0.2, -0.15) is 0 Å². The standard InChI is InChI=1S/C24H34N4O2.HI/c1-5-30-22-12-11-21(14-23(22)29-4)27-24(25-3)26-15-20-13-18(2)28(17-20)16-19-9-7-6-8-10-19;/h6-12,14,18,20H,5,13,15-17H2,1-4H3,(H2,25,26,27);1H. The largest absolute Gasteiger partial charge is 0.493 e. The Morgan fingerprint density at radius 2 is 1.94 bits per heavy atom. The molecule has 2 N–H and O–H groups in total. The Labute approximate surface area is 203 Å². The zero-order chi connectivity index (χ0) is 21.3. The fourth-order valence-corrected chi connectivity index (χ4v) is 3.98. The van der Waals surface area contributed by atoms with E-state index in [0.29, 0.717) is 24.3 Å². The quantitative estimate of drug-likeness (QED) is 0.292. The fourth-order valence-electron chi connectivity index (χ4n) is 3.98. The first-order valence-corrected chi connectivity index (χ1v) is 10.7. The van der Waals surface area contributed by atoms with E-state index in [1.165, 1.54) is 12.0 Å². The summed E-state index contributed by atoms with van der Waals surface area (Å²) in [4.78, 5) is 6.94. The number of hydrogen-bond donors (Lipinski definition) is 2. The smallest absolute Gasteiger partial charge is 0.195 e. The highest BCUT2D eigenvalue weighted by molar-refractivity contribution is 14.0. The molecule has 1 saturated heterocycles. The Morgan fingerprint density at radius 1 is 1.16 bits per heavy atom. The molecule has 0 aromatic heterocycles. The number of nitrogens with one attached hydrogen (secondary N) is 2. The topological polar surface area (TPSA) is 58.1 Å². The molecule has 0 bridgehead atoms. The molecule has 3 rings (SSSR count). The summed E-state index contributed by atoms with van der Waals surface area (Å²) in [6.45, 7) is 7.88.